The number of anilines is 1. The van der Waals surface area contributed by atoms with Crippen LogP contribution in [-0.2, 0) is 0 Å². The molecule has 2 aliphatic rings. The highest BCUT2D eigenvalue weighted by atomic mass is 14.8. The highest BCUT2D eigenvalue weighted by Crippen LogP contribution is 2.52. The molecule has 4 atom stereocenters. The number of hydrogen-bond donors (Lipinski definition) is 2. The number of nitrogens with two attached hydrogens (primary N) is 2. The minimum Gasteiger partial charge on any atom is -0.383 e. The minimum atomic E-state index is 0.0824. The summed E-state index contributed by atoms with van der Waals surface area (Å²) in [7, 11) is 0. The molecule has 0 saturated heterocycles. The van der Waals surface area contributed by atoms with Crippen molar-refractivity contribution in [3.8, 4) is 0 Å². The Hall–Kier alpha value is -1.09. The second-order valence-electron chi connectivity index (χ2n) is 5.79. The Morgan fingerprint density at radius 1 is 1.35 bits per heavy atom. The molecule has 0 amide bonds. The number of fused-ring (bicyclic) bond motifs is 2. The molecule has 4 unspecified atom stereocenters. The van der Waals surface area contributed by atoms with Crippen molar-refractivity contribution in [2.24, 2.45) is 23.5 Å². The molecule has 0 radical (unpaired) electrons. The van der Waals surface area contributed by atoms with Crippen LogP contribution in [0.2, 0.25) is 0 Å². The monoisotopic (exact) mass is 231 g/mol. The Kier molecular flexibility index (Phi) is 2.58. The maximum absolute atomic E-state index is 6.47. The average Bonchev–Trinajstić information content (AvgIpc) is 2.90. The van der Waals surface area contributed by atoms with Gasteiger partial charge in [0.1, 0.15) is 5.82 Å². The summed E-state index contributed by atoms with van der Waals surface area (Å²) < 4.78 is 0. The van der Waals surface area contributed by atoms with Crippen molar-refractivity contribution in [3.05, 3.63) is 23.4 Å². The molecule has 1 heterocycles. The molecule has 0 aliphatic heterocycles. The summed E-state index contributed by atoms with van der Waals surface area (Å²) in [5.74, 6) is 3.00. The van der Waals surface area contributed by atoms with Crippen molar-refractivity contribution in [3.63, 3.8) is 0 Å². The van der Waals surface area contributed by atoms with Gasteiger partial charge in [0.2, 0.25) is 0 Å². The molecular formula is C14H21N3. The van der Waals surface area contributed by atoms with Gasteiger partial charge in [0.15, 0.2) is 0 Å². The van der Waals surface area contributed by atoms with Gasteiger partial charge in [-0.05, 0) is 55.6 Å². The Labute approximate surface area is 103 Å². The summed E-state index contributed by atoms with van der Waals surface area (Å²) in [5, 5.41) is 0. The van der Waals surface area contributed by atoms with Gasteiger partial charge in [-0.1, -0.05) is 6.42 Å². The molecule has 3 rings (SSSR count). The fourth-order valence-electron chi connectivity index (χ4n) is 3.97. The predicted octanol–water partition coefficient (Wildman–Crippen LogP) is 2.41. The molecule has 92 valence electrons. The van der Waals surface area contributed by atoms with E-state index in [1.807, 2.05) is 6.07 Å². The van der Waals surface area contributed by atoms with E-state index in [1.54, 1.807) is 6.20 Å². The Morgan fingerprint density at radius 2 is 2.18 bits per heavy atom. The van der Waals surface area contributed by atoms with Gasteiger partial charge in [0, 0.05) is 17.8 Å². The van der Waals surface area contributed by atoms with Crippen LogP contribution >= 0.6 is 0 Å². The van der Waals surface area contributed by atoms with Gasteiger partial charge in [-0.3, -0.25) is 0 Å². The van der Waals surface area contributed by atoms with E-state index in [2.05, 4.69) is 11.9 Å². The summed E-state index contributed by atoms with van der Waals surface area (Å²) in [5.41, 5.74) is 14.7. The summed E-state index contributed by atoms with van der Waals surface area (Å²) in [6.45, 7) is 2.08. The van der Waals surface area contributed by atoms with E-state index in [0.29, 0.717) is 11.7 Å². The van der Waals surface area contributed by atoms with Crippen molar-refractivity contribution < 1.29 is 0 Å². The second-order valence-corrected chi connectivity index (χ2v) is 5.79. The van der Waals surface area contributed by atoms with Gasteiger partial charge < -0.3 is 11.5 Å². The van der Waals surface area contributed by atoms with Crippen molar-refractivity contribution >= 4 is 5.82 Å². The third kappa shape index (κ3) is 1.73. The summed E-state index contributed by atoms with van der Waals surface area (Å²) >= 11 is 0. The van der Waals surface area contributed by atoms with Crippen molar-refractivity contribution in [2.45, 2.75) is 38.6 Å². The highest BCUT2D eigenvalue weighted by molar-refractivity contribution is 5.46. The van der Waals surface area contributed by atoms with Crippen LogP contribution in [0.15, 0.2) is 12.3 Å². The molecule has 2 fully saturated rings. The maximum atomic E-state index is 6.47. The van der Waals surface area contributed by atoms with Gasteiger partial charge >= 0.3 is 0 Å². The second kappa shape index (κ2) is 3.98. The lowest BCUT2D eigenvalue weighted by Crippen LogP contribution is -2.27. The summed E-state index contributed by atoms with van der Waals surface area (Å²) in [6, 6.07) is 2.10. The third-order valence-corrected chi connectivity index (χ3v) is 4.83. The Balaban J connectivity index is 1.89. The number of aromatic nitrogens is 1. The quantitative estimate of drug-likeness (QED) is 0.821. The standard InChI is InChI=1S/C14H21N3/c1-8-4-5-17-14(16)12(8)13(15)11-7-9-2-3-10(11)6-9/h4-5,9-11,13H,2-3,6-7,15H2,1H3,(H2,16,17). The van der Waals surface area contributed by atoms with Crippen LogP contribution < -0.4 is 11.5 Å². The molecular weight excluding hydrogens is 210 g/mol. The number of hydrogen-bond acceptors (Lipinski definition) is 3. The molecule has 2 aliphatic carbocycles. The molecule has 3 nitrogen and oxygen atoms in total. The first-order chi connectivity index (χ1) is 8.16. The number of nitrogens with zero attached hydrogens (tertiary/aromatic N) is 1. The fraction of sp³-hybridized carbons (Fsp3) is 0.643. The van der Waals surface area contributed by atoms with Crippen LogP contribution in [-0.4, -0.2) is 4.98 Å². The maximum Gasteiger partial charge on any atom is 0.128 e. The molecule has 2 bridgehead atoms. The molecule has 2 saturated carbocycles. The molecule has 0 aromatic carbocycles. The number of pyridine rings is 1. The summed E-state index contributed by atoms with van der Waals surface area (Å²) in [6.07, 6.45) is 7.22. The molecule has 0 spiro atoms. The van der Waals surface area contributed by atoms with Gasteiger partial charge in [-0.15, -0.1) is 0 Å². The largest absolute Gasteiger partial charge is 0.383 e. The topological polar surface area (TPSA) is 64.9 Å². The molecule has 4 N–H and O–H groups in total. The first-order valence-electron chi connectivity index (χ1n) is 6.63. The van der Waals surface area contributed by atoms with Gasteiger partial charge in [-0.25, -0.2) is 4.98 Å². The van der Waals surface area contributed by atoms with E-state index >= 15 is 0 Å². The summed E-state index contributed by atoms with van der Waals surface area (Å²) in [4.78, 5) is 4.19. The first-order valence-corrected chi connectivity index (χ1v) is 6.63. The van der Waals surface area contributed by atoms with Crippen LogP contribution in [0.4, 0.5) is 5.82 Å². The van der Waals surface area contributed by atoms with Crippen LogP contribution in [0.5, 0.6) is 0 Å². The van der Waals surface area contributed by atoms with Crippen LogP contribution in [0.1, 0.15) is 42.9 Å². The normalized spacial score (nSPS) is 32.9. The van der Waals surface area contributed by atoms with E-state index in [0.717, 1.165) is 17.4 Å². The van der Waals surface area contributed by atoms with Crippen LogP contribution in [0.3, 0.4) is 0 Å². The zero-order chi connectivity index (χ0) is 12.0. The Bertz CT molecular complexity index is 409. The van der Waals surface area contributed by atoms with Crippen molar-refractivity contribution in [1.29, 1.82) is 0 Å². The zero-order valence-electron chi connectivity index (χ0n) is 10.4. The lowest BCUT2D eigenvalue weighted by atomic mass is 9.80. The van der Waals surface area contributed by atoms with Gasteiger partial charge in [0.25, 0.3) is 0 Å². The SMILES string of the molecule is Cc1ccnc(N)c1C(N)C1CC2CCC1C2. The number of nitrogen functional groups attached to an aromatic ring is 1. The van der Waals surface area contributed by atoms with E-state index in [4.69, 9.17) is 11.5 Å². The highest BCUT2D eigenvalue weighted by Gasteiger charge is 2.43. The number of aryl methyl sites for hydroxylation is 1. The van der Waals surface area contributed by atoms with Gasteiger partial charge in [-0.2, -0.15) is 0 Å². The molecule has 3 heteroatoms. The lowest BCUT2D eigenvalue weighted by molar-refractivity contribution is 0.284. The first kappa shape index (κ1) is 11.0. The van der Waals surface area contributed by atoms with Crippen molar-refractivity contribution in [2.75, 3.05) is 5.73 Å². The minimum absolute atomic E-state index is 0.0824. The van der Waals surface area contributed by atoms with E-state index < -0.39 is 0 Å². The van der Waals surface area contributed by atoms with E-state index in [9.17, 15) is 0 Å². The molecule has 1 aromatic heterocycles. The molecule has 17 heavy (non-hydrogen) atoms. The lowest BCUT2D eigenvalue weighted by Gasteiger charge is -2.29. The van der Waals surface area contributed by atoms with Gasteiger partial charge in [0.05, 0.1) is 0 Å². The predicted molar refractivity (Wildman–Crippen MR) is 69.3 cm³/mol. The fourth-order valence-corrected chi connectivity index (χ4v) is 3.97. The van der Waals surface area contributed by atoms with Crippen LogP contribution in [0.25, 0.3) is 0 Å². The average molecular weight is 231 g/mol. The number of rotatable bonds is 2. The van der Waals surface area contributed by atoms with Crippen molar-refractivity contribution in [1.82, 2.24) is 4.98 Å². The van der Waals surface area contributed by atoms with Crippen LogP contribution in [0, 0.1) is 24.7 Å². The molecule has 1 aromatic rings. The zero-order valence-corrected chi connectivity index (χ0v) is 10.4. The third-order valence-electron chi connectivity index (χ3n) is 4.83. The van der Waals surface area contributed by atoms with E-state index in [-0.39, 0.29) is 6.04 Å². The smallest absolute Gasteiger partial charge is 0.128 e. The van der Waals surface area contributed by atoms with E-state index in [1.165, 1.54) is 31.2 Å². The Morgan fingerprint density at radius 3 is 2.76 bits per heavy atom.